The summed E-state index contributed by atoms with van der Waals surface area (Å²) in [6, 6.07) is 27.0. The summed E-state index contributed by atoms with van der Waals surface area (Å²) in [5, 5.41) is 9.34. The molecule has 30 heavy (non-hydrogen) atoms. The second-order valence-corrected chi connectivity index (χ2v) is 7.64. The van der Waals surface area contributed by atoms with Gasteiger partial charge in [-0.3, -0.25) is 9.36 Å². The number of benzene rings is 3. The van der Waals surface area contributed by atoms with E-state index in [4.69, 9.17) is 4.74 Å². The van der Waals surface area contributed by atoms with Crippen molar-refractivity contribution in [2.75, 3.05) is 5.75 Å². The molecule has 0 radical (unpaired) electrons. The monoisotopic (exact) mass is 415 g/mol. The molecule has 1 aromatic heterocycles. The van der Waals surface area contributed by atoms with Crippen molar-refractivity contribution >= 4 is 17.5 Å². The van der Waals surface area contributed by atoms with Crippen molar-refractivity contribution in [3.05, 3.63) is 102 Å². The SMILES string of the molecule is Cc1ccccc1OCc1nnc(SCC(=O)c2ccccc2)n1-c1ccccc1. The summed E-state index contributed by atoms with van der Waals surface area (Å²) < 4.78 is 7.94. The molecule has 5 nitrogen and oxygen atoms in total. The smallest absolute Gasteiger partial charge is 0.196 e. The number of hydrogen-bond acceptors (Lipinski definition) is 5. The molecule has 0 N–H and O–H groups in total. The lowest BCUT2D eigenvalue weighted by atomic mass is 10.2. The lowest BCUT2D eigenvalue weighted by molar-refractivity contribution is 0.102. The number of para-hydroxylation sites is 2. The van der Waals surface area contributed by atoms with Crippen LogP contribution in [0.15, 0.2) is 90.1 Å². The normalized spacial score (nSPS) is 10.7. The third-order valence-electron chi connectivity index (χ3n) is 4.59. The highest BCUT2D eigenvalue weighted by Crippen LogP contribution is 2.24. The van der Waals surface area contributed by atoms with E-state index in [0.29, 0.717) is 16.5 Å². The first kappa shape index (κ1) is 19.9. The lowest BCUT2D eigenvalue weighted by Crippen LogP contribution is -2.08. The van der Waals surface area contributed by atoms with E-state index in [2.05, 4.69) is 10.2 Å². The first-order valence-corrected chi connectivity index (χ1v) is 10.6. The minimum absolute atomic E-state index is 0.0564. The summed E-state index contributed by atoms with van der Waals surface area (Å²) in [5.41, 5.74) is 2.69. The molecule has 1 heterocycles. The second kappa shape index (κ2) is 9.41. The predicted octanol–water partition coefficient (Wildman–Crippen LogP) is 5.13. The van der Waals surface area contributed by atoms with E-state index in [9.17, 15) is 4.79 Å². The molecule has 4 aromatic rings. The topological polar surface area (TPSA) is 57.0 Å². The van der Waals surface area contributed by atoms with Gasteiger partial charge in [0.1, 0.15) is 12.4 Å². The average Bonchev–Trinajstić information content (AvgIpc) is 3.21. The van der Waals surface area contributed by atoms with Gasteiger partial charge in [-0.05, 0) is 30.7 Å². The fourth-order valence-electron chi connectivity index (χ4n) is 3.02. The number of aryl methyl sites for hydroxylation is 1. The molecule has 0 fully saturated rings. The summed E-state index contributed by atoms with van der Waals surface area (Å²) in [6.07, 6.45) is 0. The van der Waals surface area contributed by atoms with Gasteiger partial charge in [-0.15, -0.1) is 10.2 Å². The average molecular weight is 416 g/mol. The molecule has 6 heteroatoms. The summed E-state index contributed by atoms with van der Waals surface area (Å²) in [6.45, 7) is 2.29. The maximum absolute atomic E-state index is 12.5. The quantitative estimate of drug-likeness (QED) is 0.295. The number of rotatable bonds is 8. The number of hydrogen-bond donors (Lipinski definition) is 0. The molecule has 0 bridgehead atoms. The molecule has 0 unspecified atom stereocenters. The molecule has 0 atom stereocenters. The Bertz CT molecular complexity index is 1130. The third-order valence-corrected chi connectivity index (χ3v) is 5.52. The predicted molar refractivity (Wildman–Crippen MR) is 118 cm³/mol. The van der Waals surface area contributed by atoms with Crippen molar-refractivity contribution in [1.29, 1.82) is 0 Å². The van der Waals surface area contributed by atoms with Crippen molar-refractivity contribution in [2.45, 2.75) is 18.7 Å². The van der Waals surface area contributed by atoms with Crippen LogP contribution in [0.1, 0.15) is 21.7 Å². The van der Waals surface area contributed by atoms with Gasteiger partial charge in [0.05, 0.1) is 5.75 Å². The zero-order valence-corrected chi connectivity index (χ0v) is 17.4. The Morgan fingerprint density at radius 2 is 1.57 bits per heavy atom. The fourth-order valence-corrected chi connectivity index (χ4v) is 3.89. The molecular weight excluding hydrogens is 394 g/mol. The van der Waals surface area contributed by atoms with Gasteiger partial charge in [-0.2, -0.15) is 0 Å². The number of ether oxygens (including phenoxy) is 1. The highest BCUT2D eigenvalue weighted by molar-refractivity contribution is 7.99. The van der Waals surface area contributed by atoms with E-state index in [1.165, 1.54) is 11.8 Å². The van der Waals surface area contributed by atoms with Crippen LogP contribution in [-0.2, 0) is 6.61 Å². The first-order valence-electron chi connectivity index (χ1n) is 9.61. The van der Waals surface area contributed by atoms with E-state index in [1.807, 2.05) is 96.4 Å². The lowest BCUT2D eigenvalue weighted by Gasteiger charge is -2.12. The Balaban J connectivity index is 1.56. The number of nitrogens with zero attached hydrogens (tertiary/aromatic N) is 3. The number of ketones is 1. The molecule has 4 rings (SSSR count). The van der Waals surface area contributed by atoms with Crippen LogP contribution in [0.5, 0.6) is 5.75 Å². The van der Waals surface area contributed by atoms with Gasteiger partial charge in [-0.25, -0.2) is 0 Å². The molecule has 0 aliphatic heterocycles. The van der Waals surface area contributed by atoms with Gasteiger partial charge in [-0.1, -0.05) is 78.5 Å². The molecule has 150 valence electrons. The fraction of sp³-hybridized carbons (Fsp3) is 0.125. The standard InChI is InChI=1S/C24H21N3O2S/c1-18-10-8-9-15-22(18)29-16-23-25-26-24(27(23)20-13-6-3-7-14-20)30-17-21(28)19-11-4-2-5-12-19/h2-15H,16-17H2,1H3. The number of carbonyl (C=O) groups is 1. The van der Waals surface area contributed by atoms with Crippen molar-refractivity contribution in [3.8, 4) is 11.4 Å². The maximum atomic E-state index is 12.5. The molecule has 0 amide bonds. The second-order valence-electron chi connectivity index (χ2n) is 6.70. The van der Waals surface area contributed by atoms with Crippen LogP contribution in [0.3, 0.4) is 0 Å². The first-order chi connectivity index (χ1) is 14.7. The van der Waals surface area contributed by atoms with Crippen LogP contribution >= 0.6 is 11.8 Å². The van der Waals surface area contributed by atoms with Gasteiger partial charge in [0.15, 0.2) is 16.8 Å². The van der Waals surface area contributed by atoms with E-state index < -0.39 is 0 Å². The van der Waals surface area contributed by atoms with E-state index in [0.717, 1.165) is 17.0 Å². The molecule has 0 aliphatic rings. The van der Waals surface area contributed by atoms with Gasteiger partial charge in [0, 0.05) is 11.3 Å². The van der Waals surface area contributed by atoms with Crippen LogP contribution in [0.4, 0.5) is 0 Å². The van der Waals surface area contributed by atoms with Gasteiger partial charge < -0.3 is 4.74 Å². The van der Waals surface area contributed by atoms with Crippen LogP contribution in [-0.4, -0.2) is 26.3 Å². The molecule has 0 saturated carbocycles. The maximum Gasteiger partial charge on any atom is 0.196 e. The minimum atomic E-state index is 0.0564. The van der Waals surface area contributed by atoms with Crippen molar-refractivity contribution in [3.63, 3.8) is 0 Å². The Labute approximate surface area is 179 Å². The van der Waals surface area contributed by atoms with Crippen molar-refractivity contribution < 1.29 is 9.53 Å². The molecule has 0 spiro atoms. The van der Waals surface area contributed by atoms with Gasteiger partial charge in [0.2, 0.25) is 0 Å². The Morgan fingerprint density at radius 1 is 0.900 bits per heavy atom. The van der Waals surface area contributed by atoms with Gasteiger partial charge in [0.25, 0.3) is 0 Å². The van der Waals surface area contributed by atoms with Crippen LogP contribution in [0.25, 0.3) is 5.69 Å². The molecule has 0 aliphatic carbocycles. The zero-order chi connectivity index (χ0) is 20.8. The zero-order valence-electron chi connectivity index (χ0n) is 16.6. The summed E-state index contributed by atoms with van der Waals surface area (Å²) in [7, 11) is 0. The van der Waals surface area contributed by atoms with Crippen LogP contribution < -0.4 is 4.74 Å². The van der Waals surface area contributed by atoms with Crippen molar-refractivity contribution in [2.24, 2.45) is 0 Å². The Morgan fingerprint density at radius 3 is 2.30 bits per heavy atom. The number of aromatic nitrogens is 3. The van der Waals surface area contributed by atoms with E-state index >= 15 is 0 Å². The number of carbonyl (C=O) groups excluding carboxylic acids is 1. The highest BCUT2D eigenvalue weighted by Gasteiger charge is 2.17. The van der Waals surface area contributed by atoms with E-state index in [1.54, 1.807) is 0 Å². The number of Topliss-reactive ketones (excluding diaryl/α,β-unsaturated/α-hetero) is 1. The Hall–Kier alpha value is -3.38. The third kappa shape index (κ3) is 4.60. The minimum Gasteiger partial charge on any atom is -0.485 e. The van der Waals surface area contributed by atoms with Crippen molar-refractivity contribution in [1.82, 2.24) is 14.8 Å². The van der Waals surface area contributed by atoms with Crippen LogP contribution in [0.2, 0.25) is 0 Å². The van der Waals surface area contributed by atoms with Gasteiger partial charge >= 0.3 is 0 Å². The van der Waals surface area contributed by atoms with Crippen LogP contribution in [0, 0.1) is 6.92 Å². The summed E-state index contributed by atoms with van der Waals surface area (Å²) in [5.74, 6) is 1.83. The molecule has 3 aromatic carbocycles. The largest absolute Gasteiger partial charge is 0.485 e. The highest BCUT2D eigenvalue weighted by atomic mass is 32.2. The van der Waals surface area contributed by atoms with E-state index in [-0.39, 0.29) is 18.1 Å². The summed E-state index contributed by atoms with van der Waals surface area (Å²) in [4.78, 5) is 12.5. The summed E-state index contributed by atoms with van der Waals surface area (Å²) >= 11 is 1.37. The molecular formula is C24H21N3O2S. The Kier molecular flexibility index (Phi) is 6.25. The number of thioether (sulfide) groups is 1. The molecule has 0 saturated heterocycles.